The normalized spacial score (nSPS) is 23.1. The standard InChI is InChI=1S/C16H23ClN2O/c1-11(12-6-4-7-13(17)10-12)19-15(20)14-16(2,3)8-5-9-18-14/h4,6-7,10-11,14,18H,5,8-9H2,1-3H3,(H,19,20)/t11-,14?/m0/s1. The number of halogens is 1. The predicted molar refractivity (Wildman–Crippen MR) is 82.8 cm³/mol. The Kier molecular flexibility index (Phi) is 4.71. The van der Waals surface area contributed by atoms with Gasteiger partial charge in [-0.15, -0.1) is 0 Å². The molecule has 0 saturated carbocycles. The third-order valence-corrected chi connectivity index (χ3v) is 4.33. The van der Waals surface area contributed by atoms with Gasteiger partial charge in [0.1, 0.15) is 0 Å². The first kappa shape index (κ1) is 15.3. The van der Waals surface area contributed by atoms with Crippen LogP contribution in [0.3, 0.4) is 0 Å². The van der Waals surface area contributed by atoms with Crippen LogP contribution in [0.2, 0.25) is 5.02 Å². The zero-order valence-corrected chi connectivity index (χ0v) is 13.1. The maximum atomic E-state index is 12.5. The minimum absolute atomic E-state index is 0.00359. The molecule has 0 aliphatic carbocycles. The monoisotopic (exact) mass is 294 g/mol. The van der Waals surface area contributed by atoms with Gasteiger partial charge in [-0.3, -0.25) is 4.79 Å². The molecule has 1 aromatic carbocycles. The number of carbonyl (C=O) groups excluding carboxylic acids is 1. The molecule has 0 bridgehead atoms. The summed E-state index contributed by atoms with van der Waals surface area (Å²) in [6, 6.07) is 7.45. The van der Waals surface area contributed by atoms with Crippen LogP contribution in [0.25, 0.3) is 0 Å². The van der Waals surface area contributed by atoms with E-state index in [0.717, 1.165) is 24.9 Å². The summed E-state index contributed by atoms with van der Waals surface area (Å²) in [7, 11) is 0. The van der Waals surface area contributed by atoms with E-state index in [0.29, 0.717) is 5.02 Å². The summed E-state index contributed by atoms with van der Waals surface area (Å²) in [6.07, 6.45) is 2.20. The number of piperidine rings is 1. The number of rotatable bonds is 3. The van der Waals surface area contributed by atoms with Gasteiger partial charge in [-0.2, -0.15) is 0 Å². The molecule has 1 fully saturated rings. The fourth-order valence-electron chi connectivity index (χ4n) is 2.81. The quantitative estimate of drug-likeness (QED) is 0.898. The lowest BCUT2D eigenvalue weighted by Crippen LogP contribution is -2.55. The second-order valence-electron chi connectivity index (χ2n) is 6.26. The topological polar surface area (TPSA) is 41.1 Å². The zero-order chi connectivity index (χ0) is 14.8. The number of hydrogen-bond acceptors (Lipinski definition) is 2. The summed E-state index contributed by atoms with van der Waals surface area (Å²) in [4.78, 5) is 12.5. The Labute approximate surface area is 126 Å². The molecule has 1 saturated heterocycles. The molecule has 2 atom stereocenters. The van der Waals surface area contributed by atoms with Crippen molar-refractivity contribution in [2.45, 2.75) is 45.7 Å². The largest absolute Gasteiger partial charge is 0.348 e. The molecule has 20 heavy (non-hydrogen) atoms. The van der Waals surface area contributed by atoms with E-state index in [2.05, 4.69) is 24.5 Å². The van der Waals surface area contributed by atoms with E-state index in [1.807, 2.05) is 31.2 Å². The van der Waals surface area contributed by atoms with Crippen LogP contribution in [-0.2, 0) is 4.79 Å². The van der Waals surface area contributed by atoms with Crippen LogP contribution >= 0.6 is 11.6 Å². The van der Waals surface area contributed by atoms with E-state index < -0.39 is 0 Å². The number of nitrogens with one attached hydrogen (secondary N) is 2. The molecule has 4 heteroatoms. The van der Waals surface area contributed by atoms with Crippen molar-refractivity contribution >= 4 is 17.5 Å². The van der Waals surface area contributed by atoms with Crippen LogP contribution in [0, 0.1) is 5.41 Å². The Morgan fingerprint density at radius 1 is 1.50 bits per heavy atom. The van der Waals surface area contributed by atoms with Gasteiger partial charge in [0.15, 0.2) is 0 Å². The highest BCUT2D eigenvalue weighted by molar-refractivity contribution is 6.30. The number of amides is 1. The third kappa shape index (κ3) is 3.53. The average molecular weight is 295 g/mol. The molecule has 2 rings (SSSR count). The molecule has 0 radical (unpaired) electrons. The van der Waals surface area contributed by atoms with Gasteiger partial charge in [0.2, 0.25) is 5.91 Å². The molecule has 0 aromatic heterocycles. The molecule has 1 amide bonds. The second kappa shape index (κ2) is 6.15. The lowest BCUT2D eigenvalue weighted by Gasteiger charge is -2.38. The average Bonchev–Trinajstić information content (AvgIpc) is 2.37. The Morgan fingerprint density at radius 2 is 2.25 bits per heavy atom. The number of benzene rings is 1. The first-order valence-electron chi connectivity index (χ1n) is 7.19. The maximum absolute atomic E-state index is 12.5. The number of carbonyl (C=O) groups is 1. The fraction of sp³-hybridized carbons (Fsp3) is 0.562. The first-order valence-corrected chi connectivity index (χ1v) is 7.57. The SMILES string of the molecule is C[C@H](NC(=O)C1NCCCC1(C)C)c1cccc(Cl)c1. The summed E-state index contributed by atoms with van der Waals surface area (Å²) >= 11 is 5.99. The van der Waals surface area contributed by atoms with Crippen molar-refractivity contribution in [3.63, 3.8) is 0 Å². The molecule has 1 aliphatic rings. The van der Waals surface area contributed by atoms with E-state index in [9.17, 15) is 4.79 Å². The molecule has 1 aromatic rings. The van der Waals surface area contributed by atoms with Gasteiger partial charge >= 0.3 is 0 Å². The molecule has 2 N–H and O–H groups in total. The Hall–Kier alpha value is -1.06. The van der Waals surface area contributed by atoms with Crippen LogP contribution in [-0.4, -0.2) is 18.5 Å². The highest BCUT2D eigenvalue weighted by Gasteiger charge is 2.37. The second-order valence-corrected chi connectivity index (χ2v) is 6.70. The van der Waals surface area contributed by atoms with Gasteiger partial charge in [-0.05, 0) is 49.4 Å². The number of hydrogen-bond donors (Lipinski definition) is 2. The van der Waals surface area contributed by atoms with E-state index >= 15 is 0 Å². The summed E-state index contributed by atoms with van der Waals surface area (Å²) in [5.74, 6) is 0.0715. The minimum Gasteiger partial charge on any atom is -0.348 e. The van der Waals surface area contributed by atoms with Crippen molar-refractivity contribution in [1.82, 2.24) is 10.6 Å². The highest BCUT2D eigenvalue weighted by atomic mass is 35.5. The zero-order valence-electron chi connectivity index (χ0n) is 12.4. The molecule has 1 aliphatic heterocycles. The maximum Gasteiger partial charge on any atom is 0.238 e. The Morgan fingerprint density at radius 3 is 2.90 bits per heavy atom. The fourth-order valence-corrected chi connectivity index (χ4v) is 3.01. The third-order valence-electron chi connectivity index (χ3n) is 4.10. The van der Waals surface area contributed by atoms with Crippen LogP contribution in [0.1, 0.15) is 45.2 Å². The van der Waals surface area contributed by atoms with E-state index in [1.165, 1.54) is 0 Å². The molecule has 1 heterocycles. The van der Waals surface area contributed by atoms with Crippen molar-refractivity contribution in [2.24, 2.45) is 5.41 Å². The van der Waals surface area contributed by atoms with Crippen LogP contribution in [0.15, 0.2) is 24.3 Å². The predicted octanol–water partition coefficient (Wildman–Crippen LogP) is 3.30. The van der Waals surface area contributed by atoms with Crippen molar-refractivity contribution in [3.8, 4) is 0 Å². The van der Waals surface area contributed by atoms with Crippen molar-refractivity contribution in [1.29, 1.82) is 0 Å². The Balaban J connectivity index is 2.03. The van der Waals surface area contributed by atoms with Crippen LogP contribution in [0.5, 0.6) is 0 Å². The van der Waals surface area contributed by atoms with Gasteiger partial charge in [0, 0.05) is 5.02 Å². The lowest BCUT2D eigenvalue weighted by atomic mass is 9.77. The summed E-state index contributed by atoms with van der Waals surface area (Å²) in [6.45, 7) is 7.19. The van der Waals surface area contributed by atoms with Crippen LogP contribution in [0.4, 0.5) is 0 Å². The molecule has 110 valence electrons. The first-order chi connectivity index (χ1) is 9.40. The van der Waals surface area contributed by atoms with Crippen molar-refractivity contribution in [2.75, 3.05) is 6.54 Å². The summed E-state index contributed by atoms with van der Waals surface area (Å²) in [5, 5.41) is 7.12. The molecule has 0 spiro atoms. The highest BCUT2D eigenvalue weighted by Crippen LogP contribution is 2.30. The van der Waals surface area contributed by atoms with Gasteiger partial charge in [-0.25, -0.2) is 0 Å². The van der Waals surface area contributed by atoms with Gasteiger partial charge in [0.25, 0.3) is 0 Å². The minimum atomic E-state index is -0.127. The lowest BCUT2D eigenvalue weighted by molar-refractivity contribution is -0.127. The van der Waals surface area contributed by atoms with Gasteiger partial charge in [-0.1, -0.05) is 37.6 Å². The van der Waals surface area contributed by atoms with E-state index in [-0.39, 0.29) is 23.4 Å². The van der Waals surface area contributed by atoms with E-state index in [1.54, 1.807) is 0 Å². The van der Waals surface area contributed by atoms with Crippen LogP contribution < -0.4 is 10.6 Å². The van der Waals surface area contributed by atoms with Gasteiger partial charge in [0.05, 0.1) is 12.1 Å². The smallest absolute Gasteiger partial charge is 0.238 e. The Bertz CT molecular complexity index is 487. The molecular formula is C16H23ClN2O. The molecule has 1 unspecified atom stereocenters. The van der Waals surface area contributed by atoms with Gasteiger partial charge < -0.3 is 10.6 Å². The summed E-state index contributed by atoms with van der Waals surface area (Å²) in [5.41, 5.74) is 1.02. The van der Waals surface area contributed by atoms with Crippen molar-refractivity contribution in [3.05, 3.63) is 34.9 Å². The molecular weight excluding hydrogens is 272 g/mol. The molecule has 3 nitrogen and oxygen atoms in total. The summed E-state index contributed by atoms with van der Waals surface area (Å²) < 4.78 is 0. The van der Waals surface area contributed by atoms with E-state index in [4.69, 9.17) is 11.6 Å². The van der Waals surface area contributed by atoms with Crippen molar-refractivity contribution < 1.29 is 4.79 Å².